The van der Waals surface area contributed by atoms with Gasteiger partial charge in [0.25, 0.3) is 10.0 Å². The van der Waals surface area contributed by atoms with Crippen molar-refractivity contribution in [3.63, 3.8) is 0 Å². The van der Waals surface area contributed by atoms with Gasteiger partial charge in [-0.15, -0.1) is 0 Å². The first-order valence-corrected chi connectivity index (χ1v) is 7.75. The van der Waals surface area contributed by atoms with E-state index in [2.05, 4.69) is 14.7 Å². The Hall–Kier alpha value is -1.66. The van der Waals surface area contributed by atoms with Crippen molar-refractivity contribution in [1.82, 2.24) is 9.97 Å². The lowest BCUT2D eigenvalue weighted by molar-refractivity contribution is 0.600. The molecule has 5 nitrogen and oxygen atoms in total. The summed E-state index contributed by atoms with van der Waals surface area (Å²) < 4.78 is 27.1. The molecule has 0 spiro atoms. The monoisotopic (exact) mass is 311 g/mol. The quantitative estimate of drug-likeness (QED) is 0.885. The maximum Gasteiger partial charge on any atom is 0.264 e. The fourth-order valence-corrected chi connectivity index (χ4v) is 3.26. The van der Waals surface area contributed by atoms with E-state index in [9.17, 15) is 8.42 Å². The highest BCUT2D eigenvalue weighted by Crippen LogP contribution is 2.20. The molecule has 0 aliphatic heterocycles. The van der Waals surface area contributed by atoms with Crippen LogP contribution in [0.5, 0.6) is 0 Å². The molecule has 1 aromatic carbocycles. The maximum atomic E-state index is 12.4. The third-order valence-corrected chi connectivity index (χ3v) is 4.35. The molecule has 2 aromatic rings. The topological polar surface area (TPSA) is 72.0 Å². The summed E-state index contributed by atoms with van der Waals surface area (Å²) in [5.41, 5.74) is 2.10. The zero-order valence-electron chi connectivity index (χ0n) is 11.3. The predicted molar refractivity (Wildman–Crippen MR) is 78.5 cm³/mol. The molecule has 1 heterocycles. The van der Waals surface area contributed by atoms with Crippen molar-refractivity contribution in [2.24, 2.45) is 0 Å². The molecule has 0 atom stereocenters. The van der Waals surface area contributed by atoms with Crippen LogP contribution in [0.2, 0.25) is 5.15 Å². The van der Waals surface area contributed by atoms with Crippen molar-refractivity contribution in [2.45, 2.75) is 25.7 Å². The van der Waals surface area contributed by atoms with Crippen molar-refractivity contribution in [3.05, 3.63) is 46.2 Å². The fraction of sp³-hybridized carbons (Fsp3) is 0.231. The second-order valence-electron chi connectivity index (χ2n) is 4.53. The molecule has 20 heavy (non-hydrogen) atoms. The number of rotatable bonds is 3. The molecule has 0 saturated carbocycles. The molecule has 0 aliphatic rings. The van der Waals surface area contributed by atoms with Crippen LogP contribution in [0.3, 0.4) is 0 Å². The fourth-order valence-electron chi connectivity index (χ4n) is 1.75. The normalized spacial score (nSPS) is 11.4. The molecule has 7 heteroatoms. The minimum Gasteiger partial charge on any atom is -0.247 e. The smallest absolute Gasteiger partial charge is 0.247 e. The van der Waals surface area contributed by atoms with Crippen LogP contribution in [0.25, 0.3) is 0 Å². The zero-order valence-corrected chi connectivity index (χ0v) is 12.9. The van der Waals surface area contributed by atoms with Crippen LogP contribution >= 0.6 is 11.6 Å². The average molecular weight is 312 g/mol. The largest absolute Gasteiger partial charge is 0.264 e. The summed E-state index contributed by atoms with van der Waals surface area (Å²) >= 11 is 5.80. The van der Waals surface area contributed by atoms with E-state index in [-0.39, 0.29) is 16.0 Å². The molecule has 0 aliphatic carbocycles. The summed E-state index contributed by atoms with van der Waals surface area (Å²) in [5.74, 6) is -0.0316. The lowest BCUT2D eigenvalue weighted by atomic mass is 10.2. The number of benzene rings is 1. The van der Waals surface area contributed by atoms with E-state index >= 15 is 0 Å². The van der Waals surface area contributed by atoms with E-state index in [4.69, 9.17) is 11.6 Å². The second-order valence-corrected chi connectivity index (χ2v) is 6.57. The number of hydrogen-bond donors (Lipinski definition) is 1. The number of nitrogens with one attached hydrogen (secondary N) is 1. The van der Waals surface area contributed by atoms with Crippen LogP contribution in [-0.2, 0) is 10.0 Å². The first kappa shape index (κ1) is 14.7. The average Bonchev–Trinajstić information content (AvgIpc) is 2.30. The van der Waals surface area contributed by atoms with E-state index in [0.29, 0.717) is 11.3 Å². The van der Waals surface area contributed by atoms with Gasteiger partial charge in [-0.25, -0.2) is 23.1 Å². The molecular formula is C13H14ClN3O2S. The Morgan fingerprint density at radius 2 is 1.80 bits per heavy atom. The van der Waals surface area contributed by atoms with Gasteiger partial charge in [0.1, 0.15) is 5.15 Å². The van der Waals surface area contributed by atoms with Crippen LogP contribution in [0.15, 0.2) is 29.2 Å². The van der Waals surface area contributed by atoms with Gasteiger partial charge in [0.2, 0.25) is 5.95 Å². The summed E-state index contributed by atoms with van der Waals surface area (Å²) in [7, 11) is -3.73. The van der Waals surface area contributed by atoms with Gasteiger partial charge < -0.3 is 0 Å². The second kappa shape index (κ2) is 5.38. The minimum absolute atomic E-state index is 0.0316. The standard InChI is InChI=1S/C13H14ClN3O2S/c1-8-4-5-9(2)11(6-8)20(18,19)17-13-15-10(3)7-12(14)16-13/h4-7H,1-3H3,(H,15,16,17). The number of nitrogens with zero attached hydrogens (tertiary/aromatic N) is 2. The van der Waals surface area contributed by atoms with Crippen molar-refractivity contribution < 1.29 is 8.42 Å². The van der Waals surface area contributed by atoms with Gasteiger partial charge >= 0.3 is 0 Å². The van der Waals surface area contributed by atoms with Gasteiger partial charge in [-0.2, -0.15) is 0 Å². The highest BCUT2D eigenvalue weighted by atomic mass is 35.5. The van der Waals surface area contributed by atoms with Gasteiger partial charge in [-0.3, -0.25) is 0 Å². The Bertz CT molecular complexity index is 740. The minimum atomic E-state index is -3.73. The third-order valence-electron chi connectivity index (χ3n) is 2.68. The zero-order chi connectivity index (χ0) is 14.9. The Balaban J connectivity index is 2.43. The van der Waals surface area contributed by atoms with Crippen molar-refractivity contribution in [1.29, 1.82) is 0 Å². The number of hydrogen-bond acceptors (Lipinski definition) is 4. The molecular weight excluding hydrogens is 298 g/mol. The highest BCUT2D eigenvalue weighted by molar-refractivity contribution is 7.92. The lowest BCUT2D eigenvalue weighted by Gasteiger charge is -2.10. The summed E-state index contributed by atoms with van der Waals surface area (Å²) in [6.07, 6.45) is 0. The summed E-state index contributed by atoms with van der Waals surface area (Å²) in [6, 6.07) is 6.77. The molecule has 0 unspecified atom stereocenters. The first-order chi connectivity index (χ1) is 9.28. The van der Waals surface area contributed by atoms with Gasteiger partial charge in [0.05, 0.1) is 4.90 Å². The Morgan fingerprint density at radius 3 is 2.45 bits per heavy atom. The van der Waals surface area contributed by atoms with Crippen molar-refractivity contribution >= 4 is 27.6 Å². The lowest BCUT2D eigenvalue weighted by Crippen LogP contribution is -2.16. The molecule has 2 rings (SSSR count). The van der Waals surface area contributed by atoms with Crippen LogP contribution in [0.1, 0.15) is 16.8 Å². The summed E-state index contributed by atoms with van der Waals surface area (Å²) in [4.78, 5) is 8.08. The Labute approximate surface area is 123 Å². The molecule has 0 radical (unpaired) electrons. The molecule has 106 valence electrons. The number of halogens is 1. The van der Waals surface area contributed by atoms with Gasteiger partial charge in [0.15, 0.2) is 0 Å². The van der Waals surface area contributed by atoms with E-state index in [1.165, 1.54) is 0 Å². The summed E-state index contributed by atoms with van der Waals surface area (Å²) in [5, 5.41) is 0.191. The van der Waals surface area contributed by atoms with Crippen LogP contribution < -0.4 is 4.72 Å². The predicted octanol–water partition coefficient (Wildman–Crippen LogP) is 2.86. The molecule has 1 aromatic heterocycles. The Morgan fingerprint density at radius 1 is 1.10 bits per heavy atom. The maximum absolute atomic E-state index is 12.4. The van der Waals surface area contributed by atoms with Crippen LogP contribution in [0, 0.1) is 20.8 Å². The van der Waals surface area contributed by atoms with Gasteiger partial charge in [-0.05, 0) is 44.0 Å². The number of sulfonamides is 1. The van der Waals surface area contributed by atoms with Gasteiger partial charge in [-0.1, -0.05) is 23.7 Å². The SMILES string of the molecule is Cc1ccc(C)c(S(=O)(=O)Nc2nc(C)cc(Cl)n2)c1. The van der Waals surface area contributed by atoms with E-state index < -0.39 is 10.0 Å². The number of aryl methyl sites for hydroxylation is 3. The Kier molecular flexibility index (Phi) is 3.96. The summed E-state index contributed by atoms with van der Waals surface area (Å²) in [6.45, 7) is 5.28. The van der Waals surface area contributed by atoms with Crippen LogP contribution in [0.4, 0.5) is 5.95 Å². The first-order valence-electron chi connectivity index (χ1n) is 5.89. The molecule has 0 bridgehead atoms. The number of anilines is 1. The molecule has 0 amide bonds. The molecule has 1 N–H and O–H groups in total. The van der Waals surface area contributed by atoms with E-state index in [0.717, 1.165) is 5.56 Å². The van der Waals surface area contributed by atoms with Gasteiger partial charge in [0, 0.05) is 5.69 Å². The van der Waals surface area contributed by atoms with E-state index in [1.54, 1.807) is 32.0 Å². The highest BCUT2D eigenvalue weighted by Gasteiger charge is 2.18. The van der Waals surface area contributed by atoms with E-state index in [1.807, 2.05) is 13.0 Å². The third kappa shape index (κ3) is 3.26. The van der Waals surface area contributed by atoms with Crippen molar-refractivity contribution in [3.8, 4) is 0 Å². The van der Waals surface area contributed by atoms with Crippen molar-refractivity contribution in [2.75, 3.05) is 4.72 Å². The molecule has 0 fully saturated rings. The number of aromatic nitrogens is 2. The van der Waals surface area contributed by atoms with Crippen LogP contribution in [-0.4, -0.2) is 18.4 Å². The molecule has 0 saturated heterocycles.